The fraction of sp³-hybridized carbons (Fsp3) is 0.250. The second kappa shape index (κ2) is 7.03. The molecule has 106 valence electrons. The zero-order chi connectivity index (χ0) is 14.4. The van der Waals surface area contributed by atoms with E-state index in [1.807, 2.05) is 24.3 Å². The Kier molecular flexibility index (Phi) is 5.09. The maximum atomic E-state index is 13.6. The molecule has 0 saturated carbocycles. The topological polar surface area (TPSA) is 41.5 Å². The van der Waals surface area contributed by atoms with Gasteiger partial charge in [0.15, 0.2) is 0 Å². The van der Waals surface area contributed by atoms with Crippen molar-refractivity contribution in [2.75, 3.05) is 19.0 Å². The van der Waals surface area contributed by atoms with Crippen molar-refractivity contribution in [1.29, 1.82) is 0 Å². The van der Waals surface area contributed by atoms with E-state index in [2.05, 4.69) is 5.32 Å². The van der Waals surface area contributed by atoms with Crippen molar-refractivity contribution in [3.8, 4) is 0 Å². The molecule has 0 saturated heterocycles. The van der Waals surface area contributed by atoms with Gasteiger partial charge in [0.25, 0.3) is 0 Å². The quantitative estimate of drug-likeness (QED) is 0.851. The maximum absolute atomic E-state index is 13.6. The normalized spacial score (nSPS) is 12.2. The number of benzene rings is 2. The van der Waals surface area contributed by atoms with E-state index in [9.17, 15) is 9.50 Å². The zero-order valence-electron chi connectivity index (χ0n) is 11.3. The summed E-state index contributed by atoms with van der Waals surface area (Å²) in [5.41, 5.74) is 2.34. The van der Waals surface area contributed by atoms with Gasteiger partial charge in [0.1, 0.15) is 5.82 Å². The molecule has 2 rings (SSSR count). The molecule has 0 fully saturated rings. The van der Waals surface area contributed by atoms with E-state index < -0.39 is 0 Å². The Morgan fingerprint density at radius 3 is 2.45 bits per heavy atom. The first-order valence-corrected chi connectivity index (χ1v) is 6.44. The van der Waals surface area contributed by atoms with Crippen LogP contribution in [-0.4, -0.2) is 18.8 Å². The Labute approximate surface area is 118 Å². The summed E-state index contributed by atoms with van der Waals surface area (Å²) in [6.07, 6.45) is 0. The van der Waals surface area contributed by atoms with Crippen LogP contribution in [0.4, 0.5) is 10.1 Å². The van der Waals surface area contributed by atoms with Gasteiger partial charge in [0, 0.05) is 7.11 Å². The van der Waals surface area contributed by atoms with E-state index in [-0.39, 0.29) is 18.5 Å². The number of hydrogen-bond donors (Lipinski definition) is 2. The summed E-state index contributed by atoms with van der Waals surface area (Å²) in [5.74, 6) is -0.332. The smallest absolute Gasteiger partial charge is 0.146 e. The summed E-state index contributed by atoms with van der Waals surface area (Å²) in [6.45, 7) is 0.433. The summed E-state index contributed by atoms with van der Waals surface area (Å²) in [7, 11) is 1.64. The van der Waals surface area contributed by atoms with Gasteiger partial charge >= 0.3 is 0 Å². The first kappa shape index (κ1) is 14.5. The molecular weight excluding hydrogens is 257 g/mol. The third-order valence-corrected chi connectivity index (χ3v) is 3.08. The number of nitrogens with one attached hydrogen (secondary N) is 1. The van der Waals surface area contributed by atoms with E-state index >= 15 is 0 Å². The summed E-state index contributed by atoms with van der Waals surface area (Å²) in [5, 5.41) is 12.5. The van der Waals surface area contributed by atoms with Crippen molar-refractivity contribution in [1.82, 2.24) is 0 Å². The highest BCUT2D eigenvalue weighted by Gasteiger charge is 2.12. The van der Waals surface area contributed by atoms with Gasteiger partial charge in [-0.25, -0.2) is 4.39 Å². The lowest BCUT2D eigenvalue weighted by Crippen LogP contribution is -2.15. The SMILES string of the molecule is COCc1ccc(C(CO)Nc2ccccc2F)cc1. The molecule has 0 radical (unpaired) electrons. The van der Waals surface area contributed by atoms with Crippen molar-refractivity contribution < 1.29 is 14.2 Å². The van der Waals surface area contributed by atoms with E-state index in [1.165, 1.54) is 6.07 Å². The van der Waals surface area contributed by atoms with Gasteiger partial charge in [-0.2, -0.15) is 0 Å². The molecule has 0 aromatic heterocycles. The Morgan fingerprint density at radius 2 is 1.85 bits per heavy atom. The minimum absolute atomic E-state index is 0.113. The standard InChI is InChI=1S/C16H18FNO2/c1-20-11-12-6-8-13(9-7-12)16(10-19)18-15-5-3-2-4-14(15)17/h2-9,16,18-19H,10-11H2,1H3. The molecule has 0 aliphatic heterocycles. The molecule has 1 unspecified atom stereocenters. The second-order valence-corrected chi connectivity index (χ2v) is 4.53. The summed E-state index contributed by atoms with van der Waals surface area (Å²) >= 11 is 0. The predicted molar refractivity (Wildman–Crippen MR) is 77.0 cm³/mol. The molecule has 2 N–H and O–H groups in total. The third-order valence-electron chi connectivity index (χ3n) is 3.08. The molecule has 20 heavy (non-hydrogen) atoms. The summed E-state index contributed by atoms with van der Waals surface area (Å²) < 4.78 is 18.7. The van der Waals surface area contributed by atoms with Gasteiger partial charge in [-0.15, -0.1) is 0 Å². The van der Waals surface area contributed by atoms with Crippen LogP contribution in [0.3, 0.4) is 0 Å². The van der Waals surface area contributed by atoms with Crippen molar-refractivity contribution in [2.45, 2.75) is 12.6 Å². The molecule has 2 aromatic rings. The van der Waals surface area contributed by atoms with E-state index in [4.69, 9.17) is 4.74 Å². The number of halogens is 1. The lowest BCUT2D eigenvalue weighted by Gasteiger charge is -2.18. The molecule has 2 aromatic carbocycles. The highest BCUT2D eigenvalue weighted by molar-refractivity contribution is 5.47. The third kappa shape index (κ3) is 3.56. The van der Waals surface area contributed by atoms with Crippen molar-refractivity contribution in [3.05, 3.63) is 65.5 Å². The number of ether oxygens (including phenoxy) is 1. The zero-order valence-corrected chi connectivity index (χ0v) is 11.3. The lowest BCUT2D eigenvalue weighted by molar-refractivity contribution is 0.185. The molecule has 3 nitrogen and oxygen atoms in total. The van der Waals surface area contributed by atoms with Crippen molar-refractivity contribution >= 4 is 5.69 Å². The Morgan fingerprint density at radius 1 is 1.15 bits per heavy atom. The Balaban J connectivity index is 2.13. The van der Waals surface area contributed by atoms with E-state index in [0.29, 0.717) is 12.3 Å². The molecule has 0 heterocycles. The fourth-order valence-corrected chi connectivity index (χ4v) is 2.01. The highest BCUT2D eigenvalue weighted by atomic mass is 19.1. The maximum Gasteiger partial charge on any atom is 0.146 e. The Bertz CT molecular complexity index is 542. The predicted octanol–water partition coefficient (Wildman–Crippen LogP) is 3.12. The lowest BCUT2D eigenvalue weighted by atomic mass is 10.1. The number of methoxy groups -OCH3 is 1. The van der Waals surface area contributed by atoms with E-state index in [0.717, 1.165) is 11.1 Å². The van der Waals surface area contributed by atoms with Crippen LogP contribution in [0.1, 0.15) is 17.2 Å². The van der Waals surface area contributed by atoms with Gasteiger partial charge in [-0.05, 0) is 23.3 Å². The number of aliphatic hydroxyl groups is 1. The second-order valence-electron chi connectivity index (χ2n) is 4.53. The number of anilines is 1. The van der Waals surface area contributed by atoms with Crippen LogP contribution in [0, 0.1) is 5.82 Å². The number of hydrogen-bond acceptors (Lipinski definition) is 3. The van der Waals surface area contributed by atoms with E-state index in [1.54, 1.807) is 25.3 Å². The van der Waals surface area contributed by atoms with Crippen molar-refractivity contribution in [2.24, 2.45) is 0 Å². The summed E-state index contributed by atoms with van der Waals surface area (Å²) in [6, 6.07) is 13.8. The van der Waals surface area contributed by atoms with Crippen LogP contribution < -0.4 is 5.32 Å². The van der Waals surface area contributed by atoms with Gasteiger partial charge in [0.2, 0.25) is 0 Å². The number of aliphatic hydroxyl groups excluding tert-OH is 1. The number of rotatable bonds is 6. The number of para-hydroxylation sites is 1. The monoisotopic (exact) mass is 275 g/mol. The molecule has 0 aliphatic rings. The molecule has 4 heteroatoms. The average molecular weight is 275 g/mol. The minimum Gasteiger partial charge on any atom is -0.394 e. The molecular formula is C16H18FNO2. The Hall–Kier alpha value is -1.91. The molecule has 0 spiro atoms. The largest absolute Gasteiger partial charge is 0.394 e. The van der Waals surface area contributed by atoms with Crippen LogP contribution in [-0.2, 0) is 11.3 Å². The average Bonchev–Trinajstić information content (AvgIpc) is 2.48. The first-order valence-electron chi connectivity index (χ1n) is 6.44. The highest BCUT2D eigenvalue weighted by Crippen LogP contribution is 2.22. The van der Waals surface area contributed by atoms with Crippen LogP contribution >= 0.6 is 0 Å². The summed E-state index contributed by atoms with van der Waals surface area (Å²) in [4.78, 5) is 0. The minimum atomic E-state index is -0.344. The van der Waals surface area contributed by atoms with Crippen LogP contribution in [0.15, 0.2) is 48.5 Å². The van der Waals surface area contributed by atoms with Crippen molar-refractivity contribution in [3.63, 3.8) is 0 Å². The van der Waals surface area contributed by atoms with Crippen LogP contribution in [0.2, 0.25) is 0 Å². The first-order chi connectivity index (χ1) is 9.74. The fourth-order valence-electron chi connectivity index (χ4n) is 2.01. The van der Waals surface area contributed by atoms with Gasteiger partial charge in [-0.1, -0.05) is 36.4 Å². The van der Waals surface area contributed by atoms with Gasteiger partial charge < -0.3 is 15.2 Å². The molecule has 1 atom stereocenters. The molecule has 0 aliphatic carbocycles. The van der Waals surface area contributed by atoms with Crippen LogP contribution in [0.25, 0.3) is 0 Å². The van der Waals surface area contributed by atoms with Gasteiger partial charge in [0.05, 0.1) is 24.9 Å². The van der Waals surface area contributed by atoms with Gasteiger partial charge in [-0.3, -0.25) is 0 Å². The molecule has 0 bridgehead atoms. The molecule has 0 amide bonds. The van der Waals surface area contributed by atoms with Crippen LogP contribution in [0.5, 0.6) is 0 Å².